The lowest BCUT2D eigenvalue weighted by atomic mass is 10.1. The van der Waals surface area contributed by atoms with Crippen LogP contribution in [0.15, 0.2) is 22.7 Å². The van der Waals surface area contributed by atoms with Gasteiger partial charge < -0.3 is 10.1 Å². The maximum absolute atomic E-state index is 11.3. The van der Waals surface area contributed by atoms with E-state index in [0.717, 1.165) is 15.9 Å². The van der Waals surface area contributed by atoms with Crippen molar-refractivity contribution in [1.82, 2.24) is 0 Å². The van der Waals surface area contributed by atoms with E-state index in [-0.39, 0.29) is 17.5 Å². The SMILES string of the molecule is COc1ccc(NC2CCS(=O)(=O)CC2)cc1Br. The second-order valence-corrected chi connectivity index (χ2v) is 7.58. The molecule has 0 saturated carbocycles. The van der Waals surface area contributed by atoms with Crippen molar-refractivity contribution < 1.29 is 13.2 Å². The minimum Gasteiger partial charge on any atom is -0.496 e. The Morgan fingerprint density at radius 1 is 1.33 bits per heavy atom. The summed E-state index contributed by atoms with van der Waals surface area (Å²) in [7, 11) is -1.17. The van der Waals surface area contributed by atoms with Gasteiger partial charge in [0.25, 0.3) is 0 Å². The van der Waals surface area contributed by atoms with Crippen LogP contribution in [-0.4, -0.2) is 33.1 Å². The predicted molar refractivity (Wildman–Crippen MR) is 76.0 cm³/mol. The monoisotopic (exact) mass is 333 g/mol. The van der Waals surface area contributed by atoms with Crippen LogP contribution in [0.4, 0.5) is 5.69 Å². The molecule has 18 heavy (non-hydrogen) atoms. The smallest absolute Gasteiger partial charge is 0.150 e. The van der Waals surface area contributed by atoms with Gasteiger partial charge in [0.05, 0.1) is 23.1 Å². The average molecular weight is 334 g/mol. The first-order valence-corrected chi connectivity index (χ1v) is 8.42. The quantitative estimate of drug-likeness (QED) is 0.923. The van der Waals surface area contributed by atoms with Crippen molar-refractivity contribution in [1.29, 1.82) is 0 Å². The first-order valence-electron chi connectivity index (χ1n) is 5.81. The van der Waals surface area contributed by atoms with E-state index in [9.17, 15) is 8.42 Å². The molecular formula is C12H16BrNO3S. The maximum atomic E-state index is 11.3. The summed E-state index contributed by atoms with van der Waals surface area (Å²) < 4.78 is 28.7. The van der Waals surface area contributed by atoms with Crippen molar-refractivity contribution in [3.63, 3.8) is 0 Å². The number of halogens is 1. The standard InChI is InChI=1S/C12H16BrNO3S/c1-17-12-3-2-10(8-11(12)13)14-9-4-6-18(15,16)7-5-9/h2-3,8-9,14H,4-7H2,1H3. The van der Waals surface area contributed by atoms with Gasteiger partial charge in [-0.3, -0.25) is 0 Å². The minimum atomic E-state index is -2.80. The molecule has 1 N–H and O–H groups in total. The van der Waals surface area contributed by atoms with E-state index >= 15 is 0 Å². The van der Waals surface area contributed by atoms with Crippen LogP contribution < -0.4 is 10.1 Å². The zero-order valence-electron chi connectivity index (χ0n) is 10.1. The molecule has 1 saturated heterocycles. The fourth-order valence-corrected chi connectivity index (χ4v) is 4.06. The summed E-state index contributed by atoms with van der Waals surface area (Å²) in [6.45, 7) is 0. The average Bonchev–Trinajstić information content (AvgIpc) is 2.32. The summed E-state index contributed by atoms with van der Waals surface area (Å²) in [4.78, 5) is 0. The lowest BCUT2D eigenvalue weighted by Gasteiger charge is -2.24. The summed E-state index contributed by atoms with van der Waals surface area (Å²) >= 11 is 3.43. The lowest BCUT2D eigenvalue weighted by molar-refractivity contribution is 0.412. The number of hydrogen-bond acceptors (Lipinski definition) is 4. The third-order valence-corrected chi connectivity index (χ3v) is 5.41. The third kappa shape index (κ3) is 3.38. The van der Waals surface area contributed by atoms with Gasteiger partial charge in [0.2, 0.25) is 0 Å². The Hall–Kier alpha value is -0.750. The summed E-state index contributed by atoms with van der Waals surface area (Å²) in [5.74, 6) is 1.34. The Balaban J connectivity index is 2.00. The molecule has 1 aliphatic rings. The highest BCUT2D eigenvalue weighted by molar-refractivity contribution is 9.10. The number of rotatable bonds is 3. The fraction of sp³-hybridized carbons (Fsp3) is 0.500. The number of nitrogens with one attached hydrogen (secondary N) is 1. The van der Waals surface area contributed by atoms with E-state index in [0.29, 0.717) is 12.8 Å². The molecule has 0 spiro atoms. The van der Waals surface area contributed by atoms with Gasteiger partial charge in [-0.2, -0.15) is 0 Å². The predicted octanol–water partition coefficient (Wildman–Crippen LogP) is 2.45. The van der Waals surface area contributed by atoms with Crippen LogP contribution >= 0.6 is 15.9 Å². The van der Waals surface area contributed by atoms with E-state index in [4.69, 9.17) is 4.74 Å². The molecule has 1 fully saturated rings. The van der Waals surface area contributed by atoms with E-state index < -0.39 is 9.84 Å². The molecule has 0 amide bonds. The topological polar surface area (TPSA) is 55.4 Å². The largest absolute Gasteiger partial charge is 0.496 e. The van der Waals surface area contributed by atoms with Gasteiger partial charge in [-0.1, -0.05) is 0 Å². The molecule has 0 aromatic heterocycles. The molecule has 0 atom stereocenters. The van der Waals surface area contributed by atoms with Gasteiger partial charge in [0.15, 0.2) is 0 Å². The zero-order chi connectivity index (χ0) is 13.2. The number of sulfone groups is 1. The number of anilines is 1. The van der Waals surface area contributed by atoms with Crippen molar-refractivity contribution in [3.05, 3.63) is 22.7 Å². The van der Waals surface area contributed by atoms with Gasteiger partial charge in [-0.15, -0.1) is 0 Å². The highest BCUT2D eigenvalue weighted by Crippen LogP contribution is 2.28. The Morgan fingerprint density at radius 2 is 2.00 bits per heavy atom. The Bertz CT molecular complexity index is 516. The molecule has 1 aromatic rings. The Kier molecular flexibility index (Phi) is 4.17. The second kappa shape index (κ2) is 5.48. The molecule has 0 aliphatic carbocycles. The lowest BCUT2D eigenvalue weighted by Crippen LogP contribution is -2.32. The van der Waals surface area contributed by atoms with E-state index in [1.165, 1.54) is 0 Å². The molecule has 0 unspecified atom stereocenters. The highest BCUT2D eigenvalue weighted by atomic mass is 79.9. The summed E-state index contributed by atoms with van der Waals surface area (Å²) in [5, 5.41) is 3.36. The van der Waals surface area contributed by atoms with Crippen LogP contribution in [0.1, 0.15) is 12.8 Å². The molecule has 1 aliphatic heterocycles. The van der Waals surface area contributed by atoms with Crippen LogP contribution in [-0.2, 0) is 9.84 Å². The number of methoxy groups -OCH3 is 1. The number of ether oxygens (including phenoxy) is 1. The first kappa shape index (κ1) is 13.7. The van der Waals surface area contributed by atoms with Crippen LogP contribution in [0.25, 0.3) is 0 Å². The van der Waals surface area contributed by atoms with Gasteiger partial charge in [0, 0.05) is 11.7 Å². The van der Waals surface area contributed by atoms with Crippen molar-refractivity contribution >= 4 is 31.5 Å². The molecule has 0 radical (unpaired) electrons. The molecule has 1 heterocycles. The third-order valence-electron chi connectivity index (χ3n) is 3.08. The van der Waals surface area contributed by atoms with Crippen LogP contribution in [0, 0.1) is 0 Å². The van der Waals surface area contributed by atoms with E-state index in [1.54, 1.807) is 7.11 Å². The molecule has 1 aromatic carbocycles. The molecule has 2 rings (SSSR count). The normalized spacial score (nSPS) is 19.4. The maximum Gasteiger partial charge on any atom is 0.150 e. The van der Waals surface area contributed by atoms with Crippen LogP contribution in [0.5, 0.6) is 5.75 Å². The van der Waals surface area contributed by atoms with Gasteiger partial charge in [-0.05, 0) is 47.0 Å². The molecule has 4 nitrogen and oxygen atoms in total. The summed E-state index contributed by atoms with van der Waals surface area (Å²) in [5.41, 5.74) is 0.979. The van der Waals surface area contributed by atoms with Gasteiger partial charge in [0.1, 0.15) is 15.6 Å². The minimum absolute atomic E-state index is 0.230. The molecule has 0 bridgehead atoms. The molecule has 100 valence electrons. The fourth-order valence-electron chi connectivity index (χ4n) is 2.03. The van der Waals surface area contributed by atoms with Gasteiger partial charge >= 0.3 is 0 Å². The Morgan fingerprint density at radius 3 is 2.56 bits per heavy atom. The summed E-state index contributed by atoms with van der Waals surface area (Å²) in [6.07, 6.45) is 1.35. The zero-order valence-corrected chi connectivity index (χ0v) is 12.6. The van der Waals surface area contributed by atoms with Crippen molar-refractivity contribution in [3.8, 4) is 5.75 Å². The van der Waals surface area contributed by atoms with E-state index in [2.05, 4.69) is 21.2 Å². The first-order chi connectivity index (χ1) is 8.50. The summed E-state index contributed by atoms with van der Waals surface area (Å²) in [6, 6.07) is 5.99. The second-order valence-electron chi connectivity index (χ2n) is 4.42. The molecular weight excluding hydrogens is 318 g/mol. The highest BCUT2D eigenvalue weighted by Gasteiger charge is 2.23. The van der Waals surface area contributed by atoms with E-state index in [1.807, 2.05) is 18.2 Å². The van der Waals surface area contributed by atoms with Crippen molar-refractivity contribution in [2.75, 3.05) is 23.9 Å². The van der Waals surface area contributed by atoms with Crippen LogP contribution in [0.2, 0.25) is 0 Å². The molecule has 6 heteroatoms. The Labute approximate surface area is 116 Å². The number of hydrogen-bond donors (Lipinski definition) is 1. The van der Waals surface area contributed by atoms with Gasteiger partial charge in [-0.25, -0.2) is 8.42 Å². The number of benzene rings is 1. The van der Waals surface area contributed by atoms with Crippen molar-refractivity contribution in [2.45, 2.75) is 18.9 Å². The van der Waals surface area contributed by atoms with Crippen molar-refractivity contribution in [2.24, 2.45) is 0 Å². The van der Waals surface area contributed by atoms with Crippen LogP contribution in [0.3, 0.4) is 0 Å².